The van der Waals surface area contributed by atoms with Gasteiger partial charge in [0, 0.05) is 24.3 Å². The fourth-order valence-electron chi connectivity index (χ4n) is 3.71. The van der Waals surface area contributed by atoms with E-state index in [9.17, 15) is 0 Å². The Morgan fingerprint density at radius 2 is 0.784 bits per heavy atom. The van der Waals surface area contributed by atoms with E-state index in [1.165, 1.54) is 11.1 Å². The lowest BCUT2D eigenvalue weighted by molar-refractivity contribution is -0.726. The van der Waals surface area contributed by atoms with Crippen molar-refractivity contribution in [2.45, 2.75) is 19.5 Å². The summed E-state index contributed by atoms with van der Waals surface area (Å²) in [7, 11) is 3.37. The van der Waals surface area contributed by atoms with E-state index in [0.29, 0.717) is 0 Å². The Balaban J connectivity index is 0.00000241. The van der Waals surface area contributed by atoms with Crippen molar-refractivity contribution in [3.8, 4) is 11.5 Å². The second kappa shape index (κ2) is 15.8. The van der Waals surface area contributed by atoms with Gasteiger partial charge in [0.1, 0.15) is 11.5 Å². The summed E-state index contributed by atoms with van der Waals surface area (Å²) in [6, 6.07) is 24.7. The molecule has 0 saturated heterocycles. The lowest BCUT2D eigenvalue weighted by Crippen LogP contribution is -3.00. The maximum Gasteiger partial charge on any atom is 0.169 e. The van der Waals surface area contributed by atoms with Gasteiger partial charge >= 0.3 is 0 Å². The molecule has 2 aromatic carbocycles. The molecule has 2 aromatic heterocycles. The first-order valence-electron chi connectivity index (χ1n) is 11.8. The summed E-state index contributed by atoms with van der Waals surface area (Å²) in [5.74, 6) is 1.75. The Labute approximate surface area is 241 Å². The molecule has 4 nitrogen and oxygen atoms in total. The standard InChI is InChI=1S/C31H32N2O2.2BrH/c1-34-30-12-8-26(9-13-30)4-6-28-16-22-32(23-17-28)20-3-21-33-24-18-29(19-25-33)7-5-27-10-14-31(35-2)15-11-27;;/h4-19,22-25H,3,20-21H2,1-2H3;2*1H/q+2;;/p-2/b6-4+,7-5?;;. The average Bonchev–Trinajstić information content (AvgIpc) is 2.93. The Bertz CT molecular complexity index is 1150. The van der Waals surface area contributed by atoms with Crippen LogP contribution >= 0.6 is 0 Å². The minimum atomic E-state index is 0. The van der Waals surface area contributed by atoms with Gasteiger partial charge < -0.3 is 43.4 Å². The largest absolute Gasteiger partial charge is 1.00 e. The Kier molecular flexibility index (Phi) is 12.8. The number of methoxy groups -OCH3 is 2. The molecule has 0 fully saturated rings. The molecule has 0 aliphatic rings. The zero-order valence-electron chi connectivity index (χ0n) is 21.1. The average molecular weight is 624 g/mol. The summed E-state index contributed by atoms with van der Waals surface area (Å²) in [6.45, 7) is 1.96. The maximum absolute atomic E-state index is 5.21. The first-order valence-corrected chi connectivity index (χ1v) is 11.8. The summed E-state index contributed by atoms with van der Waals surface area (Å²) in [5, 5.41) is 0. The molecule has 37 heavy (non-hydrogen) atoms. The monoisotopic (exact) mass is 622 g/mol. The third-order valence-electron chi connectivity index (χ3n) is 5.83. The highest BCUT2D eigenvalue weighted by Crippen LogP contribution is 2.14. The van der Waals surface area contributed by atoms with Crippen LogP contribution in [0.4, 0.5) is 0 Å². The molecule has 0 unspecified atom stereocenters. The predicted molar refractivity (Wildman–Crippen MR) is 142 cm³/mol. The van der Waals surface area contributed by atoms with E-state index < -0.39 is 0 Å². The van der Waals surface area contributed by atoms with Crippen molar-refractivity contribution >= 4 is 24.3 Å². The van der Waals surface area contributed by atoms with Gasteiger partial charge in [0.25, 0.3) is 0 Å². The molecule has 0 spiro atoms. The molecule has 0 bridgehead atoms. The van der Waals surface area contributed by atoms with Gasteiger partial charge in [-0.25, -0.2) is 9.13 Å². The van der Waals surface area contributed by atoms with Crippen LogP contribution in [0.15, 0.2) is 97.6 Å². The number of halogens is 2. The third-order valence-corrected chi connectivity index (χ3v) is 5.83. The number of hydrogen-bond donors (Lipinski definition) is 0. The van der Waals surface area contributed by atoms with Gasteiger partial charge in [-0.15, -0.1) is 0 Å². The van der Waals surface area contributed by atoms with E-state index in [2.05, 4.69) is 107 Å². The number of benzene rings is 2. The zero-order chi connectivity index (χ0) is 24.3. The topological polar surface area (TPSA) is 26.2 Å². The van der Waals surface area contributed by atoms with Crippen molar-refractivity contribution in [3.05, 3.63) is 120 Å². The molecule has 0 radical (unpaired) electrons. The highest BCUT2D eigenvalue weighted by molar-refractivity contribution is 5.70. The van der Waals surface area contributed by atoms with E-state index in [0.717, 1.165) is 42.1 Å². The fourth-order valence-corrected chi connectivity index (χ4v) is 3.71. The molecule has 4 aromatic rings. The lowest BCUT2D eigenvalue weighted by atomic mass is 10.1. The SMILES string of the molecule is COc1ccc(C=Cc2cc[n+](CCC[n+]3ccc(/C=C/c4ccc(OC)cc4)cc3)cc2)cc1.[Br-].[Br-]. The van der Waals surface area contributed by atoms with Crippen LogP contribution in [0.3, 0.4) is 0 Å². The molecule has 0 N–H and O–H groups in total. The molecule has 0 saturated carbocycles. The van der Waals surface area contributed by atoms with E-state index >= 15 is 0 Å². The van der Waals surface area contributed by atoms with E-state index in [1.54, 1.807) is 14.2 Å². The van der Waals surface area contributed by atoms with Crippen molar-refractivity contribution in [1.29, 1.82) is 0 Å². The number of aromatic nitrogens is 2. The second-order valence-corrected chi connectivity index (χ2v) is 8.31. The number of pyridine rings is 2. The van der Waals surface area contributed by atoms with Gasteiger partial charge in [0.05, 0.1) is 20.6 Å². The summed E-state index contributed by atoms with van der Waals surface area (Å²) in [4.78, 5) is 0. The second-order valence-electron chi connectivity index (χ2n) is 8.31. The quantitative estimate of drug-likeness (QED) is 0.227. The van der Waals surface area contributed by atoms with Crippen LogP contribution in [0, 0.1) is 0 Å². The van der Waals surface area contributed by atoms with Crippen molar-refractivity contribution in [2.24, 2.45) is 0 Å². The summed E-state index contributed by atoms with van der Waals surface area (Å²) in [6.07, 6.45) is 18.1. The number of hydrogen-bond acceptors (Lipinski definition) is 2. The molecule has 192 valence electrons. The lowest BCUT2D eigenvalue weighted by Gasteiger charge is -2.00. The van der Waals surface area contributed by atoms with Crippen LogP contribution < -0.4 is 52.6 Å². The molecule has 6 heteroatoms. The maximum atomic E-state index is 5.21. The minimum absolute atomic E-state index is 0. The van der Waals surface area contributed by atoms with Gasteiger partial charge in [-0.2, -0.15) is 0 Å². The van der Waals surface area contributed by atoms with Crippen LogP contribution in [0.25, 0.3) is 24.3 Å². The highest BCUT2D eigenvalue weighted by Gasteiger charge is 2.05. The fraction of sp³-hybridized carbons (Fsp3) is 0.161. The van der Waals surface area contributed by atoms with Crippen LogP contribution in [-0.2, 0) is 13.1 Å². The van der Waals surface area contributed by atoms with Crippen molar-refractivity contribution < 1.29 is 52.6 Å². The number of rotatable bonds is 10. The molecule has 0 amide bonds. The van der Waals surface area contributed by atoms with Crippen LogP contribution in [0.5, 0.6) is 11.5 Å². The third kappa shape index (κ3) is 9.63. The zero-order valence-corrected chi connectivity index (χ0v) is 24.3. The smallest absolute Gasteiger partial charge is 0.169 e. The van der Waals surface area contributed by atoms with Crippen LogP contribution in [0.1, 0.15) is 28.7 Å². The first-order chi connectivity index (χ1) is 17.2. The normalized spacial score (nSPS) is 10.6. The molecule has 0 atom stereocenters. The first kappa shape index (κ1) is 30.0. The number of aryl methyl sites for hydroxylation is 2. The Morgan fingerprint density at radius 1 is 0.486 bits per heavy atom. The Hall–Kier alpha value is -3.22. The molecular weight excluding hydrogens is 592 g/mol. The van der Waals surface area contributed by atoms with Crippen molar-refractivity contribution in [2.75, 3.05) is 14.2 Å². The van der Waals surface area contributed by atoms with Gasteiger partial charge in [0.2, 0.25) is 0 Å². The minimum Gasteiger partial charge on any atom is -1.00 e. The molecule has 2 heterocycles. The van der Waals surface area contributed by atoms with E-state index in [4.69, 9.17) is 9.47 Å². The predicted octanol–water partition coefficient (Wildman–Crippen LogP) is -0.282. The van der Waals surface area contributed by atoms with Crippen LogP contribution in [0.2, 0.25) is 0 Å². The van der Waals surface area contributed by atoms with Gasteiger partial charge in [0.15, 0.2) is 37.9 Å². The van der Waals surface area contributed by atoms with Gasteiger partial charge in [-0.1, -0.05) is 48.6 Å². The van der Waals surface area contributed by atoms with Gasteiger partial charge in [-0.05, 0) is 46.5 Å². The van der Waals surface area contributed by atoms with E-state index in [-0.39, 0.29) is 34.0 Å². The molecule has 4 rings (SSSR count). The van der Waals surface area contributed by atoms with Crippen molar-refractivity contribution in [1.82, 2.24) is 0 Å². The molecule has 0 aliphatic heterocycles. The summed E-state index contributed by atoms with van der Waals surface area (Å²) < 4.78 is 14.9. The number of ether oxygens (including phenoxy) is 2. The van der Waals surface area contributed by atoms with Gasteiger partial charge in [-0.3, -0.25) is 0 Å². The molecule has 0 aliphatic carbocycles. The summed E-state index contributed by atoms with van der Waals surface area (Å²) in [5.41, 5.74) is 4.68. The van der Waals surface area contributed by atoms with Crippen molar-refractivity contribution in [3.63, 3.8) is 0 Å². The van der Waals surface area contributed by atoms with E-state index in [1.807, 2.05) is 24.3 Å². The molecular formula is C31H32Br2N2O2. The summed E-state index contributed by atoms with van der Waals surface area (Å²) >= 11 is 0. The number of nitrogens with zero attached hydrogens (tertiary/aromatic N) is 2. The van der Waals surface area contributed by atoms with Crippen LogP contribution in [-0.4, -0.2) is 14.2 Å². The highest BCUT2D eigenvalue weighted by atomic mass is 79.9. The Morgan fingerprint density at radius 3 is 1.08 bits per heavy atom.